The van der Waals surface area contributed by atoms with Gasteiger partial charge >= 0.3 is 0 Å². The number of hydrogen-bond donors (Lipinski definition) is 5. The number of rotatable bonds is 20. The predicted molar refractivity (Wildman–Crippen MR) is 204 cm³/mol. The number of aromatic amines is 1. The van der Waals surface area contributed by atoms with Gasteiger partial charge in [0.25, 0.3) is 11.6 Å². The zero-order chi connectivity index (χ0) is 41.1. The van der Waals surface area contributed by atoms with Gasteiger partial charge < -0.3 is 10.6 Å². The molecule has 0 spiro atoms. The lowest BCUT2D eigenvalue weighted by molar-refractivity contribution is -0.140. The van der Waals surface area contributed by atoms with Crippen molar-refractivity contribution in [1.29, 1.82) is 0 Å². The van der Waals surface area contributed by atoms with Crippen LogP contribution in [0.4, 0.5) is 0 Å². The molecule has 0 bridgehead atoms. The molecule has 298 valence electrons. The van der Waals surface area contributed by atoms with Crippen LogP contribution in [0, 0.1) is 11.8 Å². The van der Waals surface area contributed by atoms with E-state index in [0.29, 0.717) is 11.1 Å². The van der Waals surface area contributed by atoms with Crippen LogP contribution in [0.1, 0.15) is 101 Å². The third kappa shape index (κ3) is 13.7. The number of aromatic nitrogens is 3. The van der Waals surface area contributed by atoms with Crippen molar-refractivity contribution in [3.8, 4) is 0 Å². The Morgan fingerprint density at radius 2 is 1.00 bits per heavy atom. The summed E-state index contributed by atoms with van der Waals surface area (Å²) in [6.07, 6.45) is -0.141. The minimum Gasteiger partial charge on any atom is -0.344 e. The first-order valence-corrected chi connectivity index (χ1v) is 18.3. The van der Waals surface area contributed by atoms with Crippen LogP contribution < -0.4 is 21.6 Å². The molecule has 4 atom stereocenters. The highest BCUT2D eigenvalue weighted by Gasteiger charge is 2.38. The lowest BCUT2D eigenvalue weighted by Crippen LogP contribution is -2.55. The van der Waals surface area contributed by atoms with E-state index in [-0.39, 0.29) is 24.7 Å². The molecule has 5 N–H and O–H groups in total. The summed E-state index contributed by atoms with van der Waals surface area (Å²) in [6, 6.07) is 12.9. The fraction of sp³-hybridized carbons (Fsp3) is 0.500. The monoisotopic (exact) mass is 761 g/mol. The molecular weight excluding hydrogens is 706 g/mol. The zero-order valence-corrected chi connectivity index (χ0v) is 33.3. The van der Waals surface area contributed by atoms with Crippen molar-refractivity contribution >= 4 is 34.9 Å². The van der Waals surface area contributed by atoms with E-state index in [2.05, 4.69) is 37.0 Å². The van der Waals surface area contributed by atoms with E-state index in [4.69, 9.17) is 9.68 Å². The zero-order valence-electron chi connectivity index (χ0n) is 33.3. The molecular formula is C40H55N7O8. The molecule has 0 aliphatic heterocycles. The highest BCUT2D eigenvalue weighted by Crippen LogP contribution is 2.16. The van der Waals surface area contributed by atoms with Crippen LogP contribution in [-0.2, 0) is 41.7 Å². The van der Waals surface area contributed by atoms with E-state index in [0.717, 1.165) is 0 Å². The second kappa shape index (κ2) is 19.6. The average Bonchev–Trinajstić information content (AvgIpc) is 3.59. The highest BCUT2D eigenvalue weighted by atomic mass is 16.7. The van der Waals surface area contributed by atoms with Gasteiger partial charge in [0.2, 0.25) is 23.4 Å². The van der Waals surface area contributed by atoms with Crippen LogP contribution in [-0.4, -0.2) is 85.7 Å². The van der Waals surface area contributed by atoms with Gasteiger partial charge in [-0.25, -0.2) is 0 Å². The molecule has 2 amide bonds. The first-order valence-electron chi connectivity index (χ1n) is 18.3. The number of H-pyrrole nitrogens is 1. The molecule has 3 rings (SSSR count). The van der Waals surface area contributed by atoms with E-state index in [1.165, 1.54) is 0 Å². The number of carbonyl (C=O) groups is 6. The predicted octanol–water partition coefficient (Wildman–Crippen LogP) is 3.45. The summed E-state index contributed by atoms with van der Waals surface area (Å²) in [6.45, 7) is 18.0. The summed E-state index contributed by atoms with van der Waals surface area (Å²) >= 11 is 0. The Morgan fingerprint density at radius 3 is 1.36 bits per heavy atom. The summed E-state index contributed by atoms with van der Waals surface area (Å²) < 4.78 is 0. The number of carbonyl (C=O) groups excluding carboxylic acids is 6. The van der Waals surface area contributed by atoms with E-state index in [1.54, 1.807) is 130 Å². The quantitative estimate of drug-likeness (QED) is 0.0637. The van der Waals surface area contributed by atoms with Crippen molar-refractivity contribution in [2.24, 2.45) is 11.8 Å². The van der Waals surface area contributed by atoms with Gasteiger partial charge in [-0.05, 0) is 64.5 Å². The highest BCUT2D eigenvalue weighted by molar-refractivity contribution is 6.50. The molecule has 0 saturated carbocycles. The van der Waals surface area contributed by atoms with Gasteiger partial charge in [0.1, 0.15) is 17.8 Å². The molecule has 15 nitrogen and oxygen atoms in total. The third-order valence-corrected chi connectivity index (χ3v) is 8.15. The average molecular weight is 762 g/mol. The Hall–Kier alpha value is -4.96. The molecule has 4 unspecified atom stereocenters. The fourth-order valence-electron chi connectivity index (χ4n) is 5.21. The minimum absolute atomic E-state index is 0.0684. The van der Waals surface area contributed by atoms with Crippen molar-refractivity contribution < 1.29 is 38.4 Å². The lowest BCUT2D eigenvalue weighted by Gasteiger charge is -2.28. The summed E-state index contributed by atoms with van der Waals surface area (Å²) in [4.78, 5) is 94.1. The number of Topliss-reactive ketones (excluding diaryl/α,β-unsaturated/α-hetero) is 4. The number of amides is 2. The molecule has 0 radical (unpaired) electrons. The van der Waals surface area contributed by atoms with Gasteiger partial charge in [0.05, 0.1) is 23.3 Å². The van der Waals surface area contributed by atoms with Gasteiger partial charge in [-0.1, -0.05) is 93.6 Å². The van der Waals surface area contributed by atoms with Crippen molar-refractivity contribution in [1.82, 2.24) is 37.0 Å². The van der Waals surface area contributed by atoms with Crippen molar-refractivity contribution in [3.63, 3.8) is 0 Å². The van der Waals surface area contributed by atoms with E-state index in [1.807, 2.05) is 0 Å². The molecule has 0 saturated heterocycles. The molecule has 3 aromatic rings. The number of benzene rings is 2. The van der Waals surface area contributed by atoms with Gasteiger partial charge in [-0.3, -0.25) is 43.5 Å². The molecule has 0 aliphatic rings. The Bertz CT molecular complexity index is 1650. The Kier molecular flexibility index (Phi) is 15.8. The number of ketones is 4. The molecule has 1 aromatic heterocycles. The SMILES string of the molecule is CC(C)C(NOC(C)(C)C)C(=O)NC(Cc1ccccc1)C(=O)C(=O)c1nn[nH]c1C(=O)C(=O)C(Cc1ccccc1)NC(=O)C(NOC(C)(C)C)C(C)C. The van der Waals surface area contributed by atoms with Gasteiger partial charge in [0.15, 0.2) is 5.69 Å². The smallest absolute Gasteiger partial charge is 0.253 e. The van der Waals surface area contributed by atoms with E-state index in [9.17, 15) is 28.8 Å². The minimum atomic E-state index is -1.39. The molecule has 15 heteroatoms. The second-order valence-corrected chi connectivity index (χ2v) is 16.0. The van der Waals surface area contributed by atoms with Crippen molar-refractivity contribution in [2.75, 3.05) is 0 Å². The standard InChI is InChI=1S/C40H55N7O8/c1-23(2)29(45-54-39(5,6)7)37(52)41-27(21-25-17-13-11-14-18-25)33(48)35(50)31-32(44-47-43-31)36(51)34(49)28(22-26-19-15-12-16-20-26)42-38(53)30(24(3)4)46-55-40(8,9)10/h11-20,23-24,27-30,45-46H,21-22H2,1-10H3,(H,41,52)(H,42,53)(H,43,44,47). The summed E-state index contributed by atoms with van der Waals surface area (Å²) in [7, 11) is 0. The maximum atomic E-state index is 14.0. The summed E-state index contributed by atoms with van der Waals surface area (Å²) in [5.74, 6) is -6.41. The Labute approximate surface area is 322 Å². The third-order valence-electron chi connectivity index (χ3n) is 8.15. The Morgan fingerprint density at radius 1 is 0.618 bits per heavy atom. The van der Waals surface area contributed by atoms with Crippen LogP contribution in [0.15, 0.2) is 60.7 Å². The Balaban J connectivity index is 1.93. The molecule has 2 aromatic carbocycles. The van der Waals surface area contributed by atoms with E-state index >= 15 is 0 Å². The lowest BCUT2D eigenvalue weighted by atomic mass is 9.94. The normalized spacial score (nSPS) is 14.2. The molecule has 1 heterocycles. The summed E-state index contributed by atoms with van der Waals surface area (Å²) in [5.41, 5.74) is 4.23. The molecule has 55 heavy (non-hydrogen) atoms. The van der Waals surface area contributed by atoms with Crippen molar-refractivity contribution in [2.45, 2.75) is 117 Å². The maximum Gasteiger partial charge on any atom is 0.253 e. The van der Waals surface area contributed by atoms with Crippen LogP contribution in [0.3, 0.4) is 0 Å². The summed E-state index contributed by atoms with van der Waals surface area (Å²) in [5, 5.41) is 15.0. The topological polar surface area (TPSA) is 211 Å². The number of nitrogens with one attached hydrogen (secondary N) is 5. The van der Waals surface area contributed by atoms with Crippen LogP contribution in [0.2, 0.25) is 0 Å². The van der Waals surface area contributed by atoms with Crippen LogP contribution in [0.25, 0.3) is 0 Å². The second-order valence-electron chi connectivity index (χ2n) is 16.0. The molecule has 0 aliphatic carbocycles. The van der Waals surface area contributed by atoms with Crippen molar-refractivity contribution in [3.05, 3.63) is 83.2 Å². The van der Waals surface area contributed by atoms with Crippen LogP contribution in [0.5, 0.6) is 0 Å². The number of nitrogens with zero attached hydrogens (tertiary/aromatic N) is 2. The first kappa shape index (κ1) is 44.4. The fourth-order valence-corrected chi connectivity index (χ4v) is 5.21. The maximum absolute atomic E-state index is 14.0. The van der Waals surface area contributed by atoms with Crippen LogP contribution >= 0.6 is 0 Å². The van der Waals surface area contributed by atoms with E-state index < -0.39 is 81.7 Å². The first-order chi connectivity index (χ1) is 25.7. The van der Waals surface area contributed by atoms with Gasteiger partial charge in [-0.15, -0.1) is 5.10 Å². The van der Waals surface area contributed by atoms with Gasteiger partial charge in [0, 0.05) is 12.8 Å². The number of hydroxylamine groups is 2. The number of hydrogen-bond acceptors (Lipinski definition) is 12. The molecule has 0 fully saturated rings. The van der Waals surface area contributed by atoms with Gasteiger partial charge in [-0.2, -0.15) is 11.0 Å². The largest absolute Gasteiger partial charge is 0.344 e.